The summed E-state index contributed by atoms with van der Waals surface area (Å²) in [7, 11) is 1.58. The Morgan fingerprint density at radius 2 is 2.03 bits per heavy atom. The quantitative estimate of drug-likeness (QED) is 0.540. The number of aliphatic carboxylic acids is 1. The molecule has 9 nitrogen and oxygen atoms in total. The van der Waals surface area contributed by atoms with E-state index in [2.05, 4.69) is 0 Å². The highest BCUT2D eigenvalue weighted by atomic mass is 32.2. The van der Waals surface area contributed by atoms with E-state index in [1.54, 1.807) is 20.0 Å². The third kappa shape index (κ3) is 3.91. The largest absolute Gasteiger partial charge is 0.480 e. The summed E-state index contributed by atoms with van der Waals surface area (Å²) in [6.45, 7) is 3.24. The lowest BCUT2D eigenvalue weighted by Crippen LogP contribution is -2.40. The van der Waals surface area contributed by atoms with Crippen LogP contribution in [-0.4, -0.2) is 63.6 Å². The highest BCUT2D eigenvalue weighted by molar-refractivity contribution is 8.26. The average molecular weight is 434 g/mol. The Hall–Kier alpha value is -2.68. The molecule has 1 aromatic heterocycles. The summed E-state index contributed by atoms with van der Waals surface area (Å²) >= 11 is 6.14. The molecule has 0 unspecified atom stereocenters. The molecule has 152 valence electrons. The zero-order valence-electron chi connectivity index (χ0n) is 15.8. The van der Waals surface area contributed by atoms with Gasteiger partial charge in [0.05, 0.1) is 18.1 Å². The number of thiocarbonyl (C=S) groups is 1. The fourth-order valence-electron chi connectivity index (χ4n) is 3.27. The lowest BCUT2D eigenvalue weighted by molar-refractivity contribution is -0.140. The molecule has 0 aliphatic carbocycles. The molecule has 2 fully saturated rings. The number of ether oxygens (including phenoxy) is 1. The first-order chi connectivity index (χ1) is 13.8. The number of carbonyl (C=O) groups excluding carboxylic acids is 1. The summed E-state index contributed by atoms with van der Waals surface area (Å²) in [4.78, 5) is 39.6. The van der Waals surface area contributed by atoms with Gasteiger partial charge in [-0.05, 0) is 18.6 Å². The molecule has 2 aliphatic heterocycles. The maximum absolute atomic E-state index is 12.7. The highest BCUT2D eigenvalue weighted by Crippen LogP contribution is 2.35. The fraction of sp³-hybridized carbons (Fsp3) is 0.389. The number of morpholine rings is 1. The molecule has 2 saturated heterocycles. The number of hydrogen-bond donors (Lipinski definition) is 1. The monoisotopic (exact) mass is 434 g/mol. The second kappa shape index (κ2) is 8.36. The lowest BCUT2D eigenvalue weighted by atomic mass is 10.0. The average Bonchev–Trinajstić information content (AvgIpc) is 2.94. The molecule has 1 aromatic rings. The Labute approximate surface area is 176 Å². The Balaban J connectivity index is 2.17. The zero-order valence-corrected chi connectivity index (χ0v) is 17.4. The molecule has 0 aromatic carbocycles. The Kier molecular flexibility index (Phi) is 6.07. The van der Waals surface area contributed by atoms with Gasteiger partial charge in [-0.15, -0.1) is 0 Å². The van der Waals surface area contributed by atoms with E-state index in [0.717, 1.165) is 16.7 Å². The topological polar surface area (TPSA) is 116 Å². The van der Waals surface area contributed by atoms with E-state index in [9.17, 15) is 19.6 Å². The van der Waals surface area contributed by atoms with Gasteiger partial charge >= 0.3 is 5.97 Å². The summed E-state index contributed by atoms with van der Waals surface area (Å²) in [6, 6.07) is 1.94. The van der Waals surface area contributed by atoms with Crippen molar-refractivity contribution in [2.45, 2.75) is 6.92 Å². The van der Waals surface area contributed by atoms with E-state index in [-0.39, 0.29) is 14.8 Å². The van der Waals surface area contributed by atoms with Gasteiger partial charge in [0.25, 0.3) is 11.5 Å². The van der Waals surface area contributed by atoms with Gasteiger partial charge in [-0.3, -0.25) is 23.9 Å². The van der Waals surface area contributed by atoms with E-state index in [4.69, 9.17) is 22.1 Å². The predicted molar refractivity (Wildman–Crippen MR) is 112 cm³/mol. The van der Waals surface area contributed by atoms with Crippen LogP contribution in [0.3, 0.4) is 0 Å². The molecule has 0 atom stereocenters. The van der Waals surface area contributed by atoms with Crippen LogP contribution < -0.4 is 10.5 Å². The van der Waals surface area contributed by atoms with Gasteiger partial charge in [0.1, 0.15) is 28.3 Å². The highest BCUT2D eigenvalue weighted by Gasteiger charge is 2.34. The number of carboxylic acid groups (broad SMARTS) is 1. The van der Waals surface area contributed by atoms with Gasteiger partial charge in [0, 0.05) is 25.7 Å². The summed E-state index contributed by atoms with van der Waals surface area (Å²) < 4.78 is 6.94. The summed E-state index contributed by atoms with van der Waals surface area (Å²) in [5, 5.41) is 18.5. The molecule has 0 radical (unpaired) electrons. The number of rotatable bonds is 4. The van der Waals surface area contributed by atoms with Crippen molar-refractivity contribution in [3.63, 3.8) is 0 Å². The van der Waals surface area contributed by atoms with Crippen molar-refractivity contribution in [1.29, 1.82) is 5.26 Å². The molecule has 0 bridgehead atoms. The van der Waals surface area contributed by atoms with E-state index in [1.807, 2.05) is 11.0 Å². The second-order valence-corrected chi connectivity index (χ2v) is 8.15. The van der Waals surface area contributed by atoms with Crippen LogP contribution in [0.5, 0.6) is 0 Å². The number of carboxylic acids is 1. The van der Waals surface area contributed by atoms with Crippen molar-refractivity contribution in [2.24, 2.45) is 7.05 Å². The first-order valence-electron chi connectivity index (χ1n) is 8.69. The SMILES string of the molecule is Cc1c(/C=C2/SC(=S)N(CC(=O)O)C2=O)c(N2CCOCC2)n(C)c(=O)c1C#N. The maximum atomic E-state index is 12.7. The van der Waals surface area contributed by atoms with Crippen LogP contribution >= 0.6 is 24.0 Å². The number of aromatic nitrogens is 1. The van der Waals surface area contributed by atoms with Crippen molar-refractivity contribution in [3.05, 3.63) is 31.9 Å². The first-order valence-corrected chi connectivity index (χ1v) is 9.92. The third-order valence-corrected chi connectivity index (χ3v) is 6.10. The number of amides is 1. The molecule has 11 heteroatoms. The summed E-state index contributed by atoms with van der Waals surface area (Å²) in [5.41, 5.74) is 0.598. The Morgan fingerprint density at radius 1 is 1.38 bits per heavy atom. The summed E-state index contributed by atoms with van der Waals surface area (Å²) in [6.07, 6.45) is 1.58. The van der Waals surface area contributed by atoms with Gasteiger partial charge in [0.15, 0.2) is 0 Å². The molecule has 3 heterocycles. The fourth-order valence-corrected chi connectivity index (χ4v) is 4.51. The molecule has 29 heavy (non-hydrogen) atoms. The van der Waals surface area contributed by atoms with E-state index < -0.39 is 24.0 Å². The number of nitriles is 1. The molecule has 3 rings (SSSR count). The number of pyridine rings is 1. The minimum Gasteiger partial charge on any atom is -0.480 e. The van der Waals surface area contributed by atoms with Crippen LogP contribution in [0.2, 0.25) is 0 Å². The third-order valence-electron chi connectivity index (χ3n) is 4.72. The number of thioether (sulfide) groups is 1. The van der Waals surface area contributed by atoms with Gasteiger partial charge < -0.3 is 14.7 Å². The number of anilines is 1. The lowest BCUT2D eigenvalue weighted by Gasteiger charge is -2.32. The molecule has 1 amide bonds. The Bertz CT molecular complexity index is 1030. The summed E-state index contributed by atoms with van der Waals surface area (Å²) in [5.74, 6) is -1.10. The van der Waals surface area contributed by atoms with Crippen LogP contribution in [0.1, 0.15) is 16.7 Å². The van der Waals surface area contributed by atoms with Gasteiger partial charge in [0.2, 0.25) is 0 Å². The van der Waals surface area contributed by atoms with Crippen molar-refractivity contribution in [1.82, 2.24) is 9.47 Å². The minimum absolute atomic E-state index is 0.00299. The number of carbonyl (C=O) groups is 2. The molecule has 1 N–H and O–H groups in total. The molecule has 0 saturated carbocycles. The molecule has 0 spiro atoms. The van der Waals surface area contributed by atoms with Crippen LogP contribution in [0.15, 0.2) is 9.70 Å². The van der Waals surface area contributed by atoms with Gasteiger partial charge in [-0.1, -0.05) is 24.0 Å². The van der Waals surface area contributed by atoms with Crippen LogP contribution in [-0.2, 0) is 21.4 Å². The second-order valence-electron chi connectivity index (χ2n) is 6.47. The molecular formula is C18H18N4O5S2. The minimum atomic E-state index is -1.17. The normalized spacial score (nSPS) is 18.4. The van der Waals surface area contributed by atoms with Gasteiger partial charge in [-0.2, -0.15) is 5.26 Å². The van der Waals surface area contributed by atoms with Crippen molar-refractivity contribution >= 4 is 52.1 Å². The smallest absolute Gasteiger partial charge is 0.323 e. The maximum Gasteiger partial charge on any atom is 0.323 e. The molecule has 2 aliphatic rings. The van der Waals surface area contributed by atoms with Crippen molar-refractivity contribution in [2.75, 3.05) is 37.7 Å². The van der Waals surface area contributed by atoms with Crippen molar-refractivity contribution < 1.29 is 19.4 Å². The Morgan fingerprint density at radius 3 is 2.62 bits per heavy atom. The van der Waals surface area contributed by atoms with Gasteiger partial charge in [-0.25, -0.2) is 0 Å². The standard InChI is InChI=1S/C18H18N4O5S2/c1-10-11(7-13-17(26)22(9-14(23)24)18(28)29-13)15(21-3-5-27-6-4-21)20(2)16(25)12(10)8-19/h7H,3-6,9H2,1-2H3,(H,23,24)/b13-7+. The van der Waals surface area contributed by atoms with Crippen LogP contribution in [0.25, 0.3) is 6.08 Å². The number of hydrogen-bond acceptors (Lipinski definition) is 8. The first kappa shape index (κ1) is 21.0. The number of nitrogens with zero attached hydrogens (tertiary/aromatic N) is 4. The van der Waals surface area contributed by atoms with Crippen molar-refractivity contribution in [3.8, 4) is 6.07 Å². The van der Waals surface area contributed by atoms with Crippen LogP contribution in [0.4, 0.5) is 5.82 Å². The predicted octanol–water partition coefficient (Wildman–Crippen LogP) is 0.688. The molecular weight excluding hydrogens is 416 g/mol. The van der Waals surface area contributed by atoms with E-state index in [1.165, 1.54) is 4.57 Å². The zero-order chi connectivity index (χ0) is 21.3. The van der Waals surface area contributed by atoms with Crippen LogP contribution in [0, 0.1) is 18.3 Å². The van der Waals surface area contributed by atoms with E-state index >= 15 is 0 Å². The van der Waals surface area contributed by atoms with E-state index in [0.29, 0.717) is 43.2 Å².